The Kier molecular flexibility index (Phi) is 21.5. The zero-order valence-electron chi connectivity index (χ0n) is 45.6. The number of hydrogen-bond acceptors (Lipinski definition) is 17. The first-order valence-corrected chi connectivity index (χ1v) is 27.3. The number of nitrogens with one attached hydrogen (secondary N) is 2. The number of benzene rings is 4. The minimum atomic E-state index is -0.699. The maximum absolute atomic E-state index is 12.1. The van der Waals surface area contributed by atoms with E-state index in [-0.39, 0.29) is 35.3 Å². The van der Waals surface area contributed by atoms with Crippen molar-refractivity contribution >= 4 is 101 Å². The van der Waals surface area contributed by atoms with Crippen LogP contribution in [0.2, 0.25) is 0 Å². The fourth-order valence-electron chi connectivity index (χ4n) is 9.59. The maximum Gasteiger partial charge on any atom is 0.308 e. The smallest absolute Gasteiger partial charge is 0.308 e. The number of unbranched alkanes of at least 4 members (excludes halogenated alkanes) is 4. The van der Waals surface area contributed by atoms with Crippen LogP contribution >= 0.6 is 31.9 Å². The minimum absolute atomic E-state index is 0.0185. The summed E-state index contributed by atoms with van der Waals surface area (Å²) in [4.78, 5) is 65.7. The topological polar surface area (TPSA) is 209 Å². The van der Waals surface area contributed by atoms with E-state index >= 15 is 0 Å². The summed E-state index contributed by atoms with van der Waals surface area (Å²) in [5, 5.41) is 8.45. The molecule has 77 heavy (non-hydrogen) atoms. The van der Waals surface area contributed by atoms with Gasteiger partial charge in [-0.1, -0.05) is 69.7 Å². The first-order chi connectivity index (χ1) is 36.7. The Morgan fingerprint density at radius 3 is 1.29 bits per heavy atom. The molecule has 0 amide bonds. The first-order valence-electron chi connectivity index (χ1n) is 25.8. The van der Waals surface area contributed by atoms with E-state index in [2.05, 4.69) is 102 Å². The third-order valence-corrected chi connectivity index (χ3v) is 14.4. The second-order valence-corrected chi connectivity index (χ2v) is 21.8. The van der Waals surface area contributed by atoms with Crippen LogP contribution in [0.5, 0.6) is 23.0 Å². The Hall–Kier alpha value is -6.44. The molecule has 0 bridgehead atoms. The molecule has 0 saturated heterocycles. The number of carbonyl (C=O) groups excluding carboxylic acids is 4. The van der Waals surface area contributed by atoms with E-state index in [1.54, 1.807) is 24.3 Å². The molecule has 6 rings (SSSR count). The number of esters is 4. The van der Waals surface area contributed by atoms with Crippen LogP contribution in [0, 0.1) is 11.8 Å². The second kappa shape index (κ2) is 27.7. The van der Waals surface area contributed by atoms with Crippen molar-refractivity contribution in [2.75, 3.05) is 38.1 Å². The van der Waals surface area contributed by atoms with Gasteiger partial charge in [0.25, 0.3) is 0 Å². The summed E-state index contributed by atoms with van der Waals surface area (Å²) in [7, 11) is 3.01. The van der Waals surface area contributed by atoms with Crippen molar-refractivity contribution in [2.24, 2.45) is 11.8 Å². The largest absolute Gasteiger partial charge is 0.493 e. The highest BCUT2D eigenvalue weighted by Gasteiger charge is 2.40. The van der Waals surface area contributed by atoms with Gasteiger partial charge in [-0.2, -0.15) is 0 Å². The highest BCUT2D eigenvalue weighted by Crippen LogP contribution is 2.43. The first kappa shape index (κ1) is 59.8. The van der Waals surface area contributed by atoms with Crippen molar-refractivity contribution in [3.05, 3.63) is 93.4 Å². The number of ether oxygens (including phenoxy) is 7. The van der Waals surface area contributed by atoms with E-state index in [1.807, 2.05) is 24.3 Å². The van der Waals surface area contributed by atoms with Crippen LogP contribution < -0.4 is 29.6 Å². The highest BCUT2D eigenvalue weighted by atomic mass is 79.9. The van der Waals surface area contributed by atoms with Crippen molar-refractivity contribution in [3.8, 4) is 23.0 Å². The third kappa shape index (κ3) is 17.3. The number of hydrogen-bond donors (Lipinski definition) is 2. The van der Waals surface area contributed by atoms with Gasteiger partial charge in [0, 0.05) is 70.9 Å². The Bertz CT molecular complexity index is 2840. The SMILES string of the molecule is COc1cc2ncnc(Nc3cc(Br)ccc3CC(CCCCCOC(C)=O)C(C)(C)OC(C)(C)C(CCCCCOC(C)=O)Cc3ccc(Br)cc3Nc3ncnc4cc(OC)c(OC(C)=O)cc34)c2cc1OC(C)=O. The fourth-order valence-corrected chi connectivity index (χ4v) is 10.3. The molecule has 2 heterocycles. The van der Waals surface area contributed by atoms with Gasteiger partial charge in [0.05, 0.1) is 49.7 Å². The Balaban J connectivity index is 1.34. The van der Waals surface area contributed by atoms with Crippen LogP contribution in [-0.4, -0.2) is 82.4 Å². The molecule has 0 fully saturated rings. The van der Waals surface area contributed by atoms with E-state index in [4.69, 9.17) is 33.2 Å². The molecule has 19 heteroatoms. The lowest BCUT2D eigenvalue weighted by Crippen LogP contribution is -2.47. The third-order valence-electron chi connectivity index (χ3n) is 13.4. The number of aromatic nitrogens is 4. The standard InChI is InChI=1S/C58H70Br2N6O11/c1-35(67)73-23-15-11-13-17-41(25-39-19-21-43(59)27-47(39)65-55-45-29-53(75-37(3)69)51(71-9)31-49(45)61-33-63-55)57(5,6)77-58(7,8)42(18-14-12-16-24-74-36(2)68)26-40-20-22-44(60)28-48(40)66-56-46-30-54(76-38(4)70)52(72-10)32-50(46)62-34-64-56/h19-22,27-34,41-42H,11-18,23-26H2,1-10H3,(H,61,63,65)(H,62,64,66). The minimum Gasteiger partial charge on any atom is -0.493 e. The summed E-state index contributed by atoms with van der Waals surface area (Å²) in [5.74, 6) is 0.664. The summed E-state index contributed by atoms with van der Waals surface area (Å²) in [6, 6.07) is 19.1. The Labute approximate surface area is 467 Å². The molecule has 0 saturated carbocycles. The van der Waals surface area contributed by atoms with E-state index < -0.39 is 23.1 Å². The van der Waals surface area contributed by atoms with Gasteiger partial charge in [-0.3, -0.25) is 19.2 Å². The van der Waals surface area contributed by atoms with Crippen molar-refractivity contribution in [2.45, 2.75) is 131 Å². The molecule has 0 aliphatic rings. The van der Waals surface area contributed by atoms with E-state index in [9.17, 15) is 19.2 Å². The van der Waals surface area contributed by atoms with Crippen LogP contribution in [0.4, 0.5) is 23.0 Å². The van der Waals surface area contributed by atoms with Gasteiger partial charge < -0.3 is 43.8 Å². The lowest BCUT2D eigenvalue weighted by Gasteiger charge is -2.45. The molecule has 17 nitrogen and oxygen atoms in total. The molecule has 2 atom stereocenters. The van der Waals surface area contributed by atoms with Gasteiger partial charge >= 0.3 is 23.9 Å². The maximum atomic E-state index is 12.1. The van der Waals surface area contributed by atoms with Crippen LogP contribution in [0.25, 0.3) is 21.8 Å². The normalized spacial score (nSPS) is 12.4. The molecular formula is C58H70Br2N6O11. The quantitative estimate of drug-likeness (QED) is 0.0266. The molecule has 4 aromatic carbocycles. The summed E-state index contributed by atoms with van der Waals surface area (Å²) < 4.78 is 42.0. The molecule has 0 aliphatic carbocycles. The van der Waals surface area contributed by atoms with Crippen LogP contribution in [0.1, 0.15) is 118 Å². The number of nitrogens with zero attached hydrogens (tertiary/aromatic N) is 4. The zero-order chi connectivity index (χ0) is 55.9. The lowest BCUT2D eigenvalue weighted by atomic mass is 9.77. The second-order valence-electron chi connectivity index (χ2n) is 20.0. The highest BCUT2D eigenvalue weighted by molar-refractivity contribution is 9.10. The zero-order valence-corrected chi connectivity index (χ0v) is 48.8. The van der Waals surface area contributed by atoms with Crippen molar-refractivity contribution in [1.29, 1.82) is 0 Å². The van der Waals surface area contributed by atoms with Gasteiger partial charge in [-0.25, -0.2) is 19.9 Å². The summed E-state index contributed by atoms with van der Waals surface area (Å²) >= 11 is 7.43. The van der Waals surface area contributed by atoms with Crippen molar-refractivity contribution < 1.29 is 52.3 Å². The molecule has 2 N–H and O–H groups in total. The van der Waals surface area contributed by atoms with Crippen LogP contribution in [0.3, 0.4) is 0 Å². The van der Waals surface area contributed by atoms with Crippen LogP contribution in [-0.2, 0) is 46.2 Å². The van der Waals surface area contributed by atoms with E-state index in [0.717, 1.165) is 82.8 Å². The molecule has 412 valence electrons. The van der Waals surface area contributed by atoms with Crippen LogP contribution in [0.15, 0.2) is 82.3 Å². The number of anilines is 4. The van der Waals surface area contributed by atoms with Gasteiger partial charge in [0.2, 0.25) is 0 Å². The molecule has 2 unspecified atom stereocenters. The lowest BCUT2D eigenvalue weighted by molar-refractivity contribution is -0.175. The summed E-state index contributed by atoms with van der Waals surface area (Å²) in [6.45, 7) is 14.9. The van der Waals surface area contributed by atoms with E-state index in [0.29, 0.717) is 71.0 Å². The average Bonchev–Trinajstić information content (AvgIpc) is 3.36. The Morgan fingerprint density at radius 1 is 0.519 bits per heavy atom. The summed E-state index contributed by atoms with van der Waals surface area (Å²) in [5.41, 5.74) is 3.49. The summed E-state index contributed by atoms with van der Waals surface area (Å²) in [6.07, 6.45) is 10.7. The molecule has 6 aromatic rings. The predicted molar refractivity (Wildman–Crippen MR) is 303 cm³/mol. The molecule has 2 aromatic heterocycles. The molecule has 0 radical (unpaired) electrons. The Morgan fingerprint density at radius 2 is 0.922 bits per heavy atom. The van der Waals surface area contributed by atoms with E-state index in [1.165, 1.54) is 54.6 Å². The molecule has 0 spiro atoms. The number of halogens is 2. The number of fused-ring (bicyclic) bond motifs is 2. The van der Waals surface area contributed by atoms with Crippen molar-refractivity contribution in [1.82, 2.24) is 19.9 Å². The number of carbonyl (C=O) groups is 4. The molecular weight excluding hydrogens is 1120 g/mol. The van der Waals surface area contributed by atoms with Gasteiger partial charge in [-0.05, 0) is 126 Å². The number of rotatable bonds is 28. The fraction of sp³-hybridized carbons (Fsp3) is 0.448. The predicted octanol–water partition coefficient (Wildman–Crippen LogP) is 13.3. The van der Waals surface area contributed by atoms with Gasteiger partial charge in [0.15, 0.2) is 23.0 Å². The van der Waals surface area contributed by atoms with Crippen molar-refractivity contribution in [3.63, 3.8) is 0 Å². The van der Waals surface area contributed by atoms with Gasteiger partial charge in [-0.15, -0.1) is 0 Å². The molecule has 0 aliphatic heterocycles. The van der Waals surface area contributed by atoms with Gasteiger partial charge in [0.1, 0.15) is 24.3 Å². The number of methoxy groups -OCH3 is 2. The average molecular weight is 1190 g/mol. The monoisotopic (exact) mass is 1180 g/mol.